The van der Waals surface area contributed by atoms with E-state index in [1.807, 2.05) is 51.1 Å². The van der Waals surface area contributed by atoms with Crippen LogP contribution < -0.4 is 15.8 Å². The van der Waals surface area contributed by atoms with Gasteiger partial charge in [0.05, 0.1) is 11.7 Å². The molecule has 2 aliphatic heterocycles. The first-order chi connectivity index (χ1) is 16.4. The van der Waals surface area contributed by atoms with Crippen LogP contribution in [0.4, 0.5) is 5.69 Å². The number of primary amides is 1. The van der Waals surface area contributed by atoms with Gasteiger partial charge in [0.25, 0.3) is 15.9 Å². The molecular weight excluding hydrogens is 472 g/mol. The number of carbonyl (C=O) groups is 3. The van der Waals surface area contributed by atoms with Crippen molar-refractivity contribution in [2.75, 3.05) is 11.9 Å². The summed E-state index contributed by atoms with van der Waals surface area (Å²) in [6.45, 7) is 5.37. The van der Waals surface area contributed by atoms with Gasteiger partial charge < -0.3 is 20.7 Å². The van der Waals surface area contributed by atoms with E-state index in [1.54, 1.807) is 0 Å². The second-order valence-corrected chi connectivity index (χ2v) is 11.1. The second kappa shape index (κ2) is 8.81. The van der Waals surface area contributed by atoms with Gasteiger partial charge in [-0.15, -0.1) is 4.40 Å². The fraction of sp³-hybridized carbons (Fsp3) is 0.333. The van der Waals surface area contributed by atoms with Crippen LogP contribution in [0, 0.1) is 11.3 Å². The Bertz CT molecular complexity index is 1330. The van der Waals surface area contributed by atoms with Crippen LogP contribution in [-0.4, -0.2) is 49.4 Å². The van der Waals surface area contributed by atoms with Crippen LogP contribution in [0.2, 0.25) is 0 Å². The third-order valence-electron chi connectivity index (χ3n) is 5.78. The highest BCUT2D eigenvalue weighted by atomic mass is 32.2. The molecule has 0 aromatic heterocycles. The van der Waals surface area contributed by atoms with Crippen molar-refractivity contribution in [3.05, 3.63) is 54.1 Å². The van der Waals surface area contributed by atoms with Crippen molar-refractivity contribution in [1.82, 2.24) is 4.90 Å². The lowest BCUT2D eigenvalue weighted by molar-refractivity contribution is -0.132. The number of ketones is 1. The average Bonchev–Trinajstić information content (AvgIpc) is 3.02. The van der Waals surface area contributed by atoms with Crippen molar-refractivity contribution in [2.45, 2.75) is 38.3 Å². The van der Waals surface area contributed by atoms with Crippen LogP contribution >= 0.6 is 0 Å². The number of likely N-dealkylation sites (tertiary alicyclic amines) is 1. The minimum Gasteiger partial charge on any atom is -0.484 e. The number of nitrogens with one attached hydrogen (secondary N) is 1. The molecule has 2 atom stereocenters. The summed E-state index contributed by atoms with van der Waals surface area (Å²) >= 11 is 0. The Morgan fingerprint density at radius 3 is 2.46 bits per heavy atom. The second-order valence-electron chi connectivity index (χ2n) is 9.55. The largest absolute Gasteiger partial charge is 0.484 e. The van der Waals surface area contributed by atoms with E-state index in [0.29, 0.717) is 0 Å². The molecule has 0 saturated carbocycles. The van der Waals surface area contributed by atoms with Crippen molar-refractivity contribution in [2.24, 2.45) is 21.5 Å². The number of fused-ring (bicyclic) bond motifs is 1. The monoisotopic (exact) mass is 498 g/mol. The minimum absolute atomic E-state index is 0.112. The number of benzene rings is 2. The number of anilines is 1. The van der Waals surface area contributed by atoms with E-state index in [2.05, 4.69) is 9.71 Å². The maximum absolute atomic E-state index is 13.5. The number of amides is 2. The molecule has 0 bridgehead atoms. The standard InChI is InChI=1S/C24H26N4O6S/c1-24(2,3)21-20(30)19(23(31)28(21)12-14-7-5-4-6-8-14)22-26-16-10-9-15(34-13-18(25)29)11-17(16)35(32,33)27-22/h4-11,19,21H,12-13H2,1-3H3,(H2,25,29)(H,26,27)/t19?,21-/m1/s1. The zero-order valence-corrected chi connectivity index (χ0v) is 20.3. The van der Waals surface area contributed by atoms with Crippen molar-refractivity contribution in [3.8, 4) is 5.75 Å². The van der Waals surface area contributed by atoms with Gasteiger partial charge in [0.15, 0.2) is 18.3 Å². The van der Waals surface area contributed by atoms with Crippen LogP contribution in [0.25, 0.3) is 0 Å². The number of nitrogens with two attached hydrogens (primary N) is 1. The van der Waals surface area contributed by atoms with Crippen molar-refractivity contribution in [1.29, 1.82) is 0 Å². The normalized spacial score (nSPS) is 21.2. The predicted octanol–water partition coefficient (Wildman–Crippen LogP) is 1.71. The van der Waals surface area contributed by atoms with Crippen LogP contribution in [0.3, 0.4) is 0 Å². The molecule has 3 N–H and O–H groups in total. The summed E-state index contributed by atoms with van der Waals surface area (Å²) in [6.07, 6.45) is 0. The van der Waals surface area contributed by atoms with Crippen molar-refractivity contribution < 1.29 is 27.5 Å². The van der Waals surface area contributed by atoms with Gasteiger partial charge in [0.1, 0.15) is 16.5 Å². The molecule has 2 aromatic carbocycles. The first-order valence-corrected chi connectivity index (χ1v) is 12.4. The van der Waals surface area contributed by atoms with Crippen LogP contribution in [0.5, 0.6) is 5.75 Å². The SMILES string of the molecule is CC(C)(C)[C@H]1C(=O)C(C2=NS(=O)(=O)c3cc(OCC(N)=O)ccc3N2)C(=O)N1Cc1ccccc1. The van der Waals surface area contributed by atoms with E-state index in [1.165, 1.54) is 23.1 Å². The van der Waals surface area contributed by atoms with Crippen LogP contribution in [0.15, 0.2) is 57.8 Å². The highest BCUT2D eigenvalue weighted by Crippen LogP contribution is 2.38. The lowest BCUT2D eigenvalue weighted by Crippen LogP contribution is -2.44. The smallest absolute Gasteiger partial charge is 0.286 e. The van der Waals surface area contributed by atoms with Crippen LogP contribution in [0.1, 0.15) is 26.3 Å². The molecule has 1 unspecified atom stereocenters. The maximum atomic E-state index is 13.5. The fourth-order valence-electron chi connectivity index (χ4n) is 4.35. The number of Topliss-reactive ketones (excluding diaryl/α,β-unsaturated/α-hetero) is 1. The number of ether oxygens (including phenoxy) is 1. The van der Waals surface area contributed by atoms with Gasteiger partial charge in [-0.05, 0) is 23.1 Å². The van der Waals surface area contributed by atoms with Gasteiger partial charge in [-0.1, -0.05) is 51.1 Å². The Morgan fingerprint density at radius 2 is 1.83 bits per heavy atom. The highest BCUT2D eigenvalue weighted by Gasteiger charge is 2.54. The number of amidine groups is 1. The molecule has 0 aliphatic carbocycles. The highest BCUT2D eigenvalue weighted by molar-refractivity contribution is 7.90. The van der Waals surface area contributed by atoms with Gasteiger partial charge in [0, 0.05) is 12.6 Å². The minimum atomic E-state index is -4.26. The number of rotatable bonds is 6. The fourth-order valence-corrected chi connectivity index (χ4v) is 5.52. The van der Waals surface area contributed by atoms with Gasteiger partial charge in [-0.2, -0.15) is 8.42 Å². The third kappa shape index (κ3) is 4.76. The number of carbonyl (C=O) groups excluding carboxylic acids is 3. The average molecular weight is 499 g/mol. The maximum Gasteiger partial charge on any atom is 0.286 e. The summed E-state index contributed by atoms with van der Waals surface area (Å²) in [5, 5.41) is 2.86. The summed E-state index contributed by atoms with van der Waals surface area (Å²) in [5.74, 6) is -3.13. The van der Waals surface area contributed by atoms with E-state index < -0.39 is 51.6 Å². The lowest BCUT2D eigenvalue weighted by atomic mass is 9.82. The lowest BCUT2D eigenvalue weighted by Gasteiger charge is -2.33. The predicted molar refractivity (Wildman–Crippen MR) is 128 cm³/mol. The van der Waals surface area contributed by atoms with Crippen molar-refractivity contribution >= 4 is 39.1 Å². The summed E-state index contributed by atoms with van der Waals surface area (Å²) < 4.78 is 34.9. The van der Waals surface area contributed by atoms with Crippen molar-refractivity contribution in [3.63, 3.8) is 0 Å². The quantitative estimate of drug-likeness (QED) is 0.576. The van der Waals surface area contributed by atoms with E-state index in [9.17, 15) is 22.8 Å². The number of nitrogens with zero attached hydrogens (tertiary/aromatic N) is 2. The first kappa shape index (κ1) is 24.4. The van der Waals surface area contributed by atoms with Crippen LogP contribution in [-0.2, 0) is 31.0 Å². The molecule has 2 aliphatic rings. The Kier molecular flexibility index (Phi) is 6.14. The molecule has 0 spiro atoms. The zero-order valence-electron chi connectivity index (χ0n) is 19.5. The molecule has 11 heteroatoms. The van der Waals surface area contributed by atoms with E-state index in [4.69, 9.17) is 10.5 Å². The molecule has 2 heterocycles. The van der Waals surface area contributed by atoms with E-state index in [-0.39, 0.29) is 28.7 Å². The van der Waals surface area contributed by atoms with Gasteiger partial charge in [-0.3, -0.25) is 14.4 Å². The van der Waals surface area contributed by atoms with Gasteiger partial charge in [0.2, 0.25) is 5.91 Å². The molecule has 1 fully saturated rings. The van der Waals surface area contributed by atoms with E-state index in [0.717, 1.165) is 5.56 Å². The summed E-state index contributed by atoms with van der Waals surface area (Å²) in [6, 6.07) is 12.6. The molecular formula is C24H26N4O6S. The summed E-state index contributed by atoms with van der Waals surface area (Å²) in [5.41, 5.74) is 5.47. The Hall–Kier alpha value is -3.73. The Morgan fingerprint density at radius 1 is 1.14 bits per heavy atom. The Labute approximate surface area is 203 Å². The number of sulfonamides is 1. The van der Waals surface area contributed by atoms with Gasteiger partial charge >= 0.3 is 0 Å². The molecule has 10 nitrogen and oxygen atoms in total. The summed E-state index contributed by atoms with van der Waals surface area (Å²) in [4.78, 5) is 39.3. The molecule has 35 heavy (non-hydrogen) atoms. The molecule has 4 rings (SSSR count). The Balaban J connectivity index is 1.69. The summed E-state index contributed by atoms with van der Waals surface area (Å²) in [7, 11) is -4.26. The van der Waals surface area contributed by atoms with Gasteiger partial charge in [-0.25, -0.2) is 0 Å². The molecule has 2 aromatic rings. The first-order valence-electron chi connectivity index (χ1n) is 10.9. The topological polar surface area (TPSA) is 148 Å². The third-order valence-corrected chi connectivity index (χ3v) is 7.11. The molecule has 1 saturated heterocycles. The molecule has 2 amide bonds. The zero-order chi connectivity index (χ0) is 25.5. The molecule has 184 valence electrons. The molecule has 0 radical (unpaired) electrons. The van der Waals surface area contributed by atoms with E-state index >= 15 is 0 Å². The number of hydrogen-bond donors (Lipinski definition) is 2. The number of hydrogen-bond acceptors (Lipinski definition) is 7.